The maximum absolute atomic E-state index is 12.9. The van der Waals surface area contributed by atoms with Crippen molar-refractivity contribution in [1.82, 2.24) is 10.6 Å². The first-order valence-electron chi connectivity index (χ1n) is 8.15. The van der Waals surface area contributed by atoms with Gasteiger partial charge in [-0.2, -0.15) is 0 Å². The van der Waals surface area contributed by atoms with Crippen LogP contribution in [0, 0.1) is 6.92 Å². The minimum absolute atomic E-state index is 0.0191. The fourth-order valence-electron chi connectivity index (χ4n) is 3.30. The summed E-state index contributed by atoms with van der Waals surface area (Å²) in [5.74, 6) is -0.150. The fourth-order valence-corrected chi connectivity index (χ4v) is 3.30. The average molecular weight is 302 g/mol. The smallest absolute Gasteiger partial charge is 0.242 e. The summed E-state index contributed by atoms with van der Waals surface area (Å²) in [7, 11) is 0. The molecule has 1 fully saturated rings. The van der Waals surface area contributed by atoms with E-state index in [-0.39, 0.29) is 11.8 Å². The molecule has 0 unspecified atom stereocenters. The molecule has 4 heteroatoms. The topological polar surface area (TPSA) is 58.2 Å². The van der Waals surface area contributed by atoms with Crippen LogP contribution in [0.25, 0.3) is 0 Å². The lowest BCUT2D eigenvalue weighted by Crippen LogP contribution is -2.51. The molecule has 2 N–H and O–H groups in total. The van der Waals surface area contributed by atoms with Gasteiger partial charge >= 0.3 is 0 Å². The summed E-state index contributed by atoms with van der Waals surface area (Å²) in [6, 6.07) is 7.68. The lowest BCUT2D eigenvalue weighted by atomic mass is 9.77. The molecule has 4 nitrogen and oxygen atoms in total. The van der Waals surface area contributed by atoms with E-state index in [4.69, 9.17) is 0 Å². The van der Waals surface area contributed by atoms with Gasteiger partial charge in [-0.3, -0.25) is 9.59 Å². The van der Waals surface area contributed by atoms with Gasteiger partial charge in [-0.1, -0.05) is 42.7 Å². The van der Waals surface area contributed by atoms with E-state index in [1.54, 1.807) is 6.92 Å². The standard InChI is InChI=1S/C18H26N2O2/c1-4-19-16(21)14(3)20-17(22)18(10-5-6-11-18)15-9-7-8-13(2)12-15/h7-9,12,14H,4-6,10-11H2,1-3H3,(H,19,21)(H,20,22)/t14-/m0/s1. The first kappa shape index (κ1) is 16.5. The summed E-state index contributed by atoms with van der Waals surface area (Å²) in [6.07, 6.45) is 3.81. The molecule has 0 bridgehead atoms. The first-order chi connectivity index (χ1) is 10.5. The highest BCUT2D eigenvalue weighted by Crippen LogP contribution is 2.41. The second-order valence-electron chi connectivity index (χ2n) is 6.25. The quantitative estimate of drug-likeness (QED) is 0.878. The molecule has 0 aromatic heterocycles. The van der Waals surface area contributed by atoms with Crippen molar-refractivity contribution in [1.29, 1.82) is 0 Å². The summed E-state index contributed by atoms with van der Waals surface area (Å²) in [5, 5.41) is 5.66. The summed E-state index contributed by atoms with van der Waals surface area (Å²) >= 11 is 0. The van der Waals surface area contributed by atoms with E-state index >= 15 is 0 Å². The molecule has 0 spiro atoms. The summed E-state index contributed by atoms with van der Waals surface area (Å²) < 4.78 is 0. The van der Waals surface area contributed by atoms with Crippen LogP contribution in [0.15, 0.2) is 24.3 Å². The lowest BCUT2D eigenvalue weighted by molar-refractivity contribution is -0.131. The molecule has 1 aliphatic rings. The van der Waals surface area contributed by atoms with E-state index in [0.29, 0.717) is 6.54 Å². The molecule has 120 valence electrons. The van der Waals surface area contributed by atoms with Crippen LogP contribution in [0.3, 0.4) is 0 Å². The van der Waals surface area contributed by atoms with Gasteiger partial charge in [0.05, 0.1) is 5.41 Å². The normalized spacial score (nSPS) is 17.8. The van der Waals surface area contributed by atoms with Crippen LogP contribution in [0.5, 0.6) is 0 Å². The highest BCUT2D eigenvalue weighted by Gasteiger charge is 2.43. The van der Waals surface area contributed by atoms with Crippen molar-refractivity contribution >= 4 is 11.8 Å². The second-order valence-corrected chi connectivity index (χ2v) is 6.25. The Hall–Kier alpha value is -1.84. The third-order valence-electron chi connectivity index (χ3n) is 4.55. The molecule has 1 aromatic rings. The van der Waals surface area contributed by atoms with Crippen LogP contribution < -0.4 is 10.6 Å². The number of benzene rings is 1. The molecule has 1 aliphatic carbocycles. The maximum atomic E-state index is 12.9. The third kappa shape index (κ3) is 3.32. The number of likely N-dealkylation sites (N-methyl/N-ethyl adjacent to an activating group) is 1. The largest absolute Gasteiger partial charge is 0.355 e. The summed E-state index contributed by atoms with van der Waals surface area (Å²) in [5.41, 5.74) is 1.76. The van der Waals surface area contributed by atoms with Crippen LogP contribution >= 0.6 is 0 Å². The minimum atomic E-state index is -0.505. The molecule has 1 atom stereocenters. The van der Waals surface area contributed by atoms with Crippen LogP contribution in [0.2, 0.25) is 0 Å². The SMILES string of the molecule is CCNC(=O)[C@H](C)NC(=O)C1(c2cccc(C)c2)CCCC1. The van der Waals surface area contributed by atoms with Crippen molar-refractivity contribution < 1.29 is 9.59 Å². The van der Waals surface area contributed by atoms with E-state index < -0.39 is 11.5 Å². The molecular weight excluding hydrogens is 276 g/mol. The highest BCUT2D eigenvalue weighted by atomic mass is 16.2. The van der Waals surface area contributed by atoms with Gasteiger partial charge in [-0.05, 0) is 39.2 Å². The van der Waals surface area contributed by atoms with Crippen molar-refractivity contribution in [2.24, 2.45) is 0 Å². The van der Waals surface area contributed by atoms with Crippen LogP contribution in [0.4, 0.5) is 0 Å². The number of nitrogens with one attached hydrogen (secondary N) is 2. The van der Waals surface area contributed by atoms with Crippen molar-refractivity contribution in [3.8, 4) is 0 Å². The number of hydrogen-bond donors (Lipinski definition) is 2. The molecule has 1 aromatic carbocycles. The van der Waals surface area contributed by atoms with Crippen molar-refractivity contribution in [3.05, 3.63) is 35.4 Å². The molecule has 0 aliphatic heterocycles. The first-order valence-corrected chi connectivity index (χ1v) is 8.15. The molecule has 0 heterocycles. The molecule has 2 rings (SSSR count). The van der Waals surface area contributed by atoms with Crippen LogP contribution in [-0.4, -0.2) is 24.4 Å². The Balaban J connectivity index is 2.21. The summed E-state index contributed by atoms with van der Waals surface area (Å²) in [4.78, 5) is 24.8. The van der Waals surface area contributed by atoms with Crippen LogP contribution in [0.1, 0.15) is 50.7 Å². The number of amides is 2. The molecular formula is C18H26N2O2. The van der Waals surface area contributed by atoms with E-state index in [0.717, 1.165) is 36.8 Å². The van der Waals surface area contributed by atoms with E-state index in [1.807, 2.05) is 32.0 Å². The monoisotopic (exact) mass is 302 g/mol. The minimum Gasteiger partial charge on any atom is -0.355 e. The zero-order valence-corrected chi connectivity index (χ0v) is 13.7. The van der Waals surface area contributed by atoms with Gasteiger partial charge in [0, 0.05) is 6.54 Å². The van der Waals surface area contributed by atoms with Gasteiger partial charge < -0.3 is 10.6 Å². The Bertz CT molecular complexity index is 548. The van der Waals surface area contributed by atoms with Crippen LogP contribution in [-0.2, 0) is 15.0 Å². The van der Waals surface area contributed by atoms with E-state index in [9.17, 15) is 9.59 Å². The van der Waals surface area contributed by atoms with Gasteiger partial charge in [0.2, 0.25) is 11.8 Å². The van der Waals surface area contributed by atoms with Gasteiger partial charge in [0.15, 0.2) is 0 Å². The molecule has 2 amide bonds. The van der Waals surface area contributed by atoms with Crippen molar-refractivity contribution in [2.75, 3.05) is 6.54 Å². The van der Waals surface area contributed by atoms with Gasteiger partial charge in [0.25, 0.3) is 0 Å². The number of hydrogen-bond acceptors (Lipinski definition) is 2. The lowest BCUT2D eigenvalue weighted by Gasteiger charge is -2.30. The van der Waals surface area contributed by atoms with Gasteiger partial charge in [0.1, 0.15) is 6.04 Å². The Morgan fingerprint density at radius 1 is 1.27 bits per heavy atom. The zero-order valence-electron chi connectivity index (χ0n) is 13.7. The second kappa shape index (κ2) is 6.95. The molecule has 0 saturated heterocycles. The molecule has 0 radical (unpaired) electrons. The number of rotatable bonds is 5. The maximum Gasteiger partial charge on any atom is 0.242 e. The van der Waals surface area contributed by atoms with E-state index in [2.05, 4.69) is 16.7 Å². The summed E-state index contributed by atoms with van der Waals surface area (Å²) in [6.45, 7) is 6.23. The van der Waals surface area contributed by atoms with Gasteiger partial charge in [-0.25, -0.2) is 0 Å². The number of carbonyl (C=O) groups is 2. The van der Waals surface area contributed by atoms with Crippen molar-refractivity contribution in [2.45, 2.75) is 57.9 Å². The Kier molecular flexibility index (Phi) is 5.22. The predicted octanol–water partition coefficient (Wildman–Crippen LogP) is 2.45. The zero-order chi connectivity index (χ0) is 16.2. The molecule has 22 heavy (non-hydrogen) atoms. The average Bonchev–Trinajstić information content (AvgIpc) is 2.98. The third-order valence-corrected chi connectivity index (χ3v) is 4.55. The van der Waals surface area contributed by atoms with Crippen molar-refractivity contribution in [3.63, 3.8) is 0 Å². The highest BCUT2D eigenvalue weighted by molar-refractivity contribution is 5.93. The Labute approximate surface area is 132 Å². The Morgan fingerprint density at radius 3 is 2.55 bits per heavy atom. The number of carbonyl (C=O) groups excluding carboxylic acids is 2. The van der Waals surface area contributed by atoms with Gasteiger partial charge in [-0.15, -0.1) is 0 Å². The Morgan fingerprint density at radius 2 is 1.95 bits per heavy atom. The number of aryl methyl sites for hydroxylation is 1. The van der Waals surface area contributed by atoms with E-state index in [1.165, 1.54) is 0 Å². The predicted molar refractivity (Wildman–Crippen MR) is 87.6 cm³/mol. The molecule has 1 saturated carbocycles. The fraction of sp³-hybridized carbons (Fsp3) is 0.556.